The molecule has 8 heteroatoms. The van der Waals surface area contributed by atoms with Gasteiger partial charge in [-0.1, -0.05) is 0 Å². The lowest BCUT2D eigenvalue weighted by molar-refractivity contribution is -0.186. The molecule has 1 aliphatic rings. The van der Waals surface area contributed by atoms with Crippen molar-refractivity contribution in [1.82, 2.24) is 0 Å². The molecule has 0 spiro atoms. The molecule has 0 saturated heterocycles. The molecule has 0 saturated carbocycles. The Morgan fingerprint density at radius 2 is 1.90 bits per heavy atom. The predicted octanol–water partition coefficient (Wildman–Crippen LogP) is 1.83. The van der Waals surface area contributed by atoms with E-state index in [9.17, 15) is 13.2 Å². The van der Waals surface area contributed by atoms with E-state index in [0.717, 1.165) is 5.56 Å². The average Bonchev–Trinajstić information content (AvgIpc) is 2.81. The maximum absolute atomic E-state index is 11.9. The van der Waals surface area contributed by atoms with E-state index in [0.29, 0.717) is 30.2 Å². The second-order valence-electron chi connectivity index (χ2n) is 4.08. The molecule has 5 nitrogen and oxygen atoms in total. The van der Waals surface area contributed by atoms with Crippen molar-refractivity contribution in [2.24, 2.45) is 5.73 Å². The van der Waals surface area contributed by atoms with Crippen molar-refractivity contribution in [2.75, 3.05) is 26.7 Å². The number of alkyl halides is 3. The first kappa shape index (κ1) is 14.7. The number of nitrogens with two attached hydrogens (primary N) is 1. The largest absolute Gasteiger partial charge is 0.467 e. The van der Waals surface area contributed by atoms with Crippen LogP contribution in [-0.2, 0) is 11.2 Å². The summed E-state index contributed by atoms with van der Waals surface area (Å²) in [7, 11) is 0. The van der Waals surface area contributed by atoms with Crippen molar-refractivity contribution in [3.05, 3.63) is 17.7 Å². The first-order valence-electron chi connectivity index (χ1n) is 5.89. The summed E-state index contributed by atoms with van der Waals surface area (Å²) in [5.74, 6) is 1.43. The molecule has 0 bridgehead atoms. The molecule has 0 aliphatic carbocycles. The van der Waals surface area contributed by atoms with Gasteiger partial charge in [-0.25, -0.2) is 0 Å². The van der Waals surface area contributed by atoms with Crippen molar-refractivity contribution in [3.8, 4) is 17.2 Å². The van der Waals surface area contributed by atoms with E-state index < -0.39 is 19.6 Å². The van der Waals surface area contributed by atoms with Gasteiger partial charge >= 0.3 is 6.18 Å². The summed E-state index contributed by atoms with van der Waals surface area (Å²) >= 11 is 0. The summed E-state index contributed by atoms with van der Waals surface area (Å²) in [4.78, 5) is 0. The van der Waals surface area contributed by atoms with E-state index in [2.05, 4.69) is 4.74 Å². The SMILES string of the molecule is NCCc1cc2c(cc1OCOCC(F)(F)F)OCO2. The Labute approximate surface area is 113 Å². The van der Waals surface area contributed by atoms with Gasteiger partial charge in [0, 0.05) is 6.07 Å². The maximum Gasteiger partial charge on any atom is 0.411 e. The number of fused-ring (bicyclic) bond motifs is 1. The highest BCUT2D eigenvalue weighted by Crippen LogP contribution is 2.38. The second-order valence-corrected chi connectivity index (χ2v) is 4.08. The fourth-order valence-electron chi connectivity index (χ4n) is 1.71. The van der Waals surface area contributed by atoms with Crippen molar-refractivity contribution < 1.29 is 32.1 Å². The van der Waals surface area contributed by atoms with Gasteiger partial charge in [0.05, 0.1) is 0 Å². The van der Waals surface area contributed by atoms with E-state index in [1.165, 1.54) is 0 Å². The Bertz CT molecular complexity index is 465. The van der Waals surface area contributed by atoms with Crippen LogP contribution in [0.5, 0.6) is 17.2 Å². The molecule has 1 aliphatic heterocycles. The number of halogens is 3. The van der Waals surface area contributed by atoms with Gasteiger partial charge in [0.1, 0.15) is 12.4 Å². The number of benzene rings is 1. The third kappa shape index (κ3) is 3.91. The quantitative estimate of drug-likeness (QED) is 0.640. The average molecular weight is 293 g/mol. The Morgan fingerprint density at radius 3 is 2.55 bits per heavy atom. The lowest BCUT2D eigenvalue weighted by Gasteiger charge is -2.13. The highest BCUT2D eigenvalue weighted by Gasteiger charge is 2.27. The fraction of sp³-hybridized carbons (Fsp3) is 0.500. The van der Waals surface area contributed by atoms with Crippen LogP contribution in [0, 0.1) is 0 Å². The van der Waals surface area contributed by atoms with Gasteiger partial charge in [-0.05, 0) is 24.6 Å². The van der Waals surface area contributed by atoms with E-state index in [1.54, 1.807) is 12.1 Å². The van der Waals surface area contributed by atoms with E-state index in [-0.39, 0.29) is 6.79 Å². The van der Waals surface area contributed by atoms with Gasteiger partial charge in [-0.2, -0.15) is 13.2 Å². The molecule has 112 valence electrons. The van der Waals surface area contributed by atoms with E-state index in [1.807, 2.05) is 0 Å². The van der Waals surface area contributed by atoms with Crippen LogP contribution in [0.2, 0.25) is 0 Å². The molecule has 1 heterocycles. The van der Waals surface area contributed by atoms with Crippen molar-refractivity contribution in [3.63, 3.8) is 0 Å². The number of ether oxygens (including phenoxy) is 4. The van der Waals surface area contributed by atoms with Crippen LogP contribution in [-0.4, -0.2) is 32.9 Å². The molecule has 0 fully saturated rings. The first-order chi connectivity index (χ1) is 9.49. The normalized spacial score (nSPS) is 13.6. The molecule has 0 radical (unpaired) electrons. The zero-order chi connectivity index (χ0) is 14.6. The summed E-state index contributed by atoms with van der Waals surface area (Å²) in [6.07, 6.45) is -3.87. The summed E-state index contributed by atoms with van der Waals surface area (Å²) < 4.78 is 55.8. The van der Waals surface area contributed by atoms with Crippen molar-refractivity contribution in [2.45, 2.75) is 12.6 Å². The Balaban J connectivity index is 1.99. The van der Waals surface area contributed by atoms with Gasteiger partial charge in [0.15, 0.2) is 18.3 Å². The lowest BCUT2D eigenvalue weighted by atomic mass is 10.1. The highest BCUT2D eigenvalue weighted by atomic mass is 19.4. The van der Waals surface area contributed by atoms with Gasteiger partial charge in [0.2, 0.25) is 6.79 Å². The molecular weight excluding hydrogens is 279 g/mol. The van der Waals surface area contributed by atoms with Crippen LogP contribution < -0.4 is 19.9 Å². The van der Waals surface area contributed by atoms with Crippen LogP contribution in [0.15, 0.2) is 12.1 Å². The lowest BCUT2D eigenvalue weighted by Crippen LogP contribution is -2.19. The van der Waals surface area contributed by atoms with Crippen LogP contribution in [0.25, 0.3) is 0 Å². The van der Waals surface area contributed by atoms with E-state index >= 15 is 0 Å². The molecule has 0 aromatic heterocycles. The summed E-state index contributed by atoms with van der Waals surface area (Å²) in [6, 6.07) is 3.26. The Morgan fingerprint density at radius 1 is 1.20 bits per heavy atom. The zero-order valence-corrected chi connectivity index (χ0v) is 10.5. The maximum atomic E-state index is 11.9. The molecule has 2 rings (SSSR count). The topological polar surface area (TPSA) is 62.9 Å². The first-order valence-corrected chi connectivity index (χ1v) is 5.89. The minimum absolute atomic E-state index is 0.103. The molecule has 0 atom stereocenters. The zero-order valence-electron chi connectivity index (χ0n) is 10.5. The molecule has 0 amide bonds. The molecule has 0 unspecified atom stereocenters. The monoisotopic (exact) mass is 293 g/mol. The third-order valence-electron chi connectivity index (χ3n) is 2.53. The van der Waals surface area contributed by atoms with Crippen LogP contribution in [0.1, 0.15) is 5.56 Å². The van der Waals surface area contributed by atoms with Gasteiger partial charge in [0.25, 0.3) is 0 Å². The van der Waals surface area contributed by atoms with Crippen LogP contribution >= 0.6 is 0 Å². The molecular formula is C12H14F3NO4. The number of hydrogen-bond donors (Lipinski definition) is 1. The molecule has 2 N–H and O–H groups in total. The standard InChI is InChI=1S/C12H14F3NO4/c13-12(14,15)5-17-6-18-9-4-11-10(19-7-20-11)3-8(9)1-2-16/h3-4H,1-2,5-7,16H2. The van der Waals surface area contributed by atoms with Crippen molar-refractivity contribution >= 4 is 0 Å². The number of hydrogen-bond acceptors (Lipinski definition) is 5. The van der Waals surface area contributed by atoms with Gasteiger partial charge in [-0.3, -0.25) is 0 Å². The fourth-order valence-corrected chi connectivity index (χ4v) is 1.71. The Kier molecular flexibility index (Phi) is 4.56. The molecule has 20 heavy (non-hydrogen) atoms. The third-order valence-corrected chi connectivity index (χ3v) is 2.53. The number of rotatable bonds is 6. The molecule has 1 aromatic carbocycles. The summed E-state index contributed by atoms with van der Waals surface area (Å²) in [5, 5.41) is 0. The minimum atomic E-state index is -4.38. The smallest absolute Gasteiger partial charge is 0.411 e. The summed E-state index contributed by atoms with van der Waals surface area (Å²) in [5.41, 5.74) is 6.21. The van der Waals surface area contributed by atoms with Crippen molar-refractivity contribution in [1.29, 1.82) is 0 Å². The second kappa shape index (κ2) is 6.19. The minimum Gasteiger partial charge on any atom is -0.467 e. The van der Waals surface area contributed by atoms with E-state index in [4.69, 9.17) is 19.9 Å². The predicted molar refractivity (Wildman–Crippen MR) is 62.8 cm³/mol. The van der Waals surface area contributed by atoms with Crippen LogP contribution in [0.3, 0.4) is 0 Å². The highest BCUT2D eigenvalue weighted by molar-refractivity contribution is 5.51. The van der Waals surface area contributed by atoms with Gasteiger partial charge < -0.3 is 24.7 Å². The Hall–Kier alpha value is -1.67. The molecule has 1 aromatic rings. The summed E-state index contributed by atoms with van der Waals surface area (Å²) in [6.45, 7) is -1.38. The van der Waals surface area contributed by atoms with Crippen LogP contribution in [0.4, 0.5) is 13.2 Å². The van der Waals surface area contributed by atoms with Gasteiger partial charge in [-0.15, -0.1) is 0 Å².